The molecule has 358 valence electrons. The third kappa shape index (κ3) is 24.5. The maximum Gasteiger partial charge on any atom is 0.134 e. The Balaban J connectivity index is 0.00000130. The predicted molar refractivity (Wildman–Crippen MR) is 283 cm³/mol. The zero-order chi connectivity index (χ0) is 46.8. The van der Waals surface area contributed by atoms with Gasteiger partial charge in [-0.3, -0.25) is 0 Å². The van der Waals surface area contributed by atoms with Gasteiger partial charge in [0.2, 0.25) is 0 Å². The highest BCUT2D eigenvalue weighted by Gasteiger charge is 2.35. The van der Waals surface area contributed by atoms with Gasteiger partial charge >= 0.3 is 0 Å². The lowest BCUT2D eigenvalue weighted by atomic mass is 9.80. The number of rotatable bonds is 26. The topological polar surface area (TPSA) is 16.4 Å². The van der Waals surface area contributed by atoms with E-state index in [0.717, 1.165) is 54.5 Å². The first-order valence-corrected chi connectivity index (χ1v) is 27.0. The Morgan fingerprint density at radius 2 is 1.35 bits per heavy atom. The summed E-state index contributed by atoms with van der Waals surface area (Å²) < 4.78 is 6.30. The Labute approximate surface area is 389 Å². The standard InChI is InChI=1S/C38H60O.C10H19N.C8H16.2C2H6/c1-10-15-20-36(38-24-21-30(8)39-38)35(23-22-33(18-13-4)26-32(16-11-2)17-12-3)31(9)37-27-34(19-14-5)28(6)25-29(37)7;1-2-3-4-5-8-11-9-6-7-10-11;1-3-4-5-8(2)6-7-8;2*1-2/h20-21,24-25,27,32-33H,10-19,22-23,26H2,1-9H3;6,9H,2-5,7-8,10H2,1H3;3-7H2,1-2H3;2*1-2H3/b35-31-,36-20-;;;;. The smallest absolute Gasteiger partial charge is 0.134 e. The van der Waals surface area contributed by atoms with Gasteiger partial charge < -0.3 is 9.32 Å². The molecule has 0 spiro atoms. The van der Waals surface area contributed by atoms with Gasteiger partial charge in [-0.1, -0.05) is 191 Å². The summed E-state index contributed by atoms with van der Waals surface area (Å²) in [6, 6.07) is 9.22. The molecule has 0 saturated heterocycles. The zero-order valence-electron chi connectivity index (χ0n) is 44.7. The molecule has 0 bridgehead atoms. The van der Waals surface area contributed by atoms with Crippen LogP contribution in [0.1, 0.15) is 265 Å². The first-order chi connectivity index (χ1) is 30.0. The van der Waals surface area contributed by atoms with E-state index in [1.54, 1.807) is 0 Å². The first kappa shape index (κ1) is 59.5. The number of hydrogen-bond donors (Lipinski definition) is 0. The van der Waals surface area contributed by atoms with Gasteiger partial charge in [0.25, 0.3) is 0 Å². The first-order valence-electron chi connectivity index (χ1n) is 27.0. The van der Waals surface area contributed by atoms with Crippen LogP contribution in [0.2, 0.25) is 0 Å². The van der Waals surface area contributed by atoms with Crippen molar-refractivity contribution in [3.63, 3.8) is 0 Å². The van der Waals surface area contributed by atoms with E-state index in [0.29, 0.717) is 0 Å². The van der Waals surface area contributed by atoms with Crippen LogP contribution in [0, 0.1) is 38.0 Å². The average Bonchev–Trinajstić information content (AvgIpc) is 3.56. The minimum atomic E-state index is 0.793. The Hall–Kier alpha value is -2.48. The van der Waals surface area contributed by atoms with Crippen molar-refractivity contribution in [2.45, 2.75) is 258 Å². The summed E-state index contributed by atoms with van der Waals surface area (Å²) in [5.41, 5.74) is 10.8. The molecule has 1 aromatic carbocycles. The molecular formula is C60H107NO. The SMILES string of the molecule is CC.CC.CCC/C=C(/C(CCC(CCC)CC(CCC)CCC)=C(/C)c1cc(CCC)c(C)cc1C)c1ccc(C)o1.CCCCC1(C)CC1.CCCCCCN1C=CCC1. The predicted octanol–water partition coefficient (Wildman–Crippen LogP) is 20.4. The summed E-state index contributed by atoms with van der Waals surface area (Å²) in [6.07, 6.45) is 37.3. The van der Waals surface area contributed by atoms with Crippen molar-refractivity contribution in [1.29, 1.82) is 0 Å². The van der Waals surface area contributed by atoms with Crippen molar-refractivity contribution >= 4 is 11.1 Å². The van der Waals surface area contributed by atoms with E-state index in [-0.39, 0.29) is 0 Å². The van der Waals surface area contributed by atoms with E-state index < -0.39 is 0 Å². The fraction of sp³-hybridized carbons (Fsp3) is 0.733. The number of allylic oxidation sites excluding steroid dienone is 4. The quantitative estimate of drug-likeness (QED) is 0.0692. The molecule has 0 N–H and O–H groups in total. The molecule has 1 atom stereocenters. The Kier molecular flexibility index (Phi) is 35.3. The number of hydrogen-bond acceptors (Lipinski definition) is 2. The summed E-state index contributed by atoms with van der Waals surface area (Å²) in [6.45, 7) is 38.1. The Morgan fingerprint density at radius 3 is 1.85 bits per heavy atom. The molecule has 0 amide bonds. The van der Waals surface area contributed by atoms with Crippen molar-refractivity contribution in [3.05, 3.63) is 82.0 Å². The summed E-state index contributed by atoms with van der Waals surface area (Å²) in [4.78, 5) is 2.43. The number of benzene rings is 1. The highest BCUT2D eigenvalue weighted by Crippen LogP contribution is 2.49. The fourth-order valence-electron chi connectivity index (χ4n) is 9.11. The van der Waals surface area contributed by atoms with Crippen LogP contribution in [0.3, 0.4) is 0 Å². The van der Waals surface area contributed by atoms with Crippen molar-refractivity contribution in [3.8, 4) is 0 Å². The number of nitrogens with zero attached hydrogens (tertiary/aromatic N) is 1. The van der Waals surface area contributed by atoms with E-state index in [4.69, 9.17) is 4.42 Å². The molecule has 0 radical (unpaired) electrons. The lowest BCUT2D eigenvalue weighted by molar-refractivity contribution is 0.303. The van der Waals surface area contributed by atoms with Crippen LogP contribution >= 0.6 is 0 Å². The maximum atomic E-state index is 6.30. The molecule has 2 heteroatoms. The van der Waals surface area contributed by atoms with Crippen molar-refractivity contribution in [2.24, 2.45) is 17.3 Å². The van der Waals surface area contributed by atoms with Gasteiger partial charge in [0.15, 0.2) is 0 Å². The van der Waals surface area contributed by atoms with Crippen LogP contribution < -0.4 is 0 Å². The van der Waals surface area contributed by atoms with Crippen LogP contribution in [-0.4, -0.2) is 18.0 Å². The Bertz CT molecular complexity index is 1460. The molecule has 1 aliphatic heterocycles. The number of aryl methyl sites for hydroxylation is 4. The van der Waals surface area contributed by atoms with Gasteiger partial charge in [-0.25, -0.2) is 0 Å². The monoisotopic (exact) mass is 858 g/mol. The summed E-state index contributed by atoms with van der Waals surface area (Å²) in [5, 5.41) is 0. The normalized spacial score (nSPS) is 14.7. The molecule has 1 aromatic heterocycles. The van der Waals surface area contributed by atoms with Gasteiger partial charge in [0.1, 0.15) is 11.5 Å². The average molecular weight is 859 g/mol. The second-order valence-electron chi connectivity index (χ2n) is 18.8. The number of furan rings is 1. The van der Waals surface area contributed by atoms with Crippen LogP contribution in [0.5, 0.6) is 0 Å². The van der Waals surface area contributed by atoms with Gasteiger partial charge in [-0.15, -0.1) is 0 Å². The van der Waals surface area contributed by atoms with E-state index in [1.807, 2.05) is 27.7 Å². The summed E-state index contributed by atoms with van der Waals surface area (Å²) >= 11 is 0. The third-order valence-electron chi connectivity index (χ3n) is 13.0. The molecule has 2 aliphatic rings. The molecule has 1 fully saturated rings. The van der Waals surface area contributed by atoms with Crippen LogP contribution in [0.25, 0.3) is 11.1 Å². The lowest BCUT2D eigenvalue weighted by Gasteiger charge is -2.25. The van der Waals surface area contributed by atoms with Crippen LogP contribution in [0.15, 0.2) is 52.6 Å². The van der Waals surface area contributed by atoms with Gasteiger partial charge in [-0.2, -0.15) is 0 Å². The van der Waals surface area contributed by atoms with Crippen LogP contribution in [0.4, 0.5) is 0 Å². The van der Waals surface area contributed by atoms with E-state index in [2.05, 4.69) is 131 Å². The lowest BCUT2D eigenvalue weighted by Crippen LogP contribution is -2.15. The van der Waals surface area contributed by atoms with E-state index >= 15 is 0 Å². The highest BCUT2D eigenvalue weighted by molar-refractivity contribution is 5.88. The molecule has 1 saturated carbocycles. The minimum Gasteiger partial charge on any atom is -0.461 e. The molecule has 2 heterocycles. The van der Waals surface area contributed by atoms with Crippen molar-refractivity contribution in [1.82, 2.24) is 4.90 Å². The summed E-state index contributed by atoms with van der Waals surface area (Å²) in [5.74, 6) is 3.70. The fourth-order valence-corrected chi connectivity index (χ4v) is 9.11. The minimum absolute atomic E-state index is 0.793. The zero-order valence-corrected chi connectivity index (χ0v) is 44.7. The van der Waals surface area contributed by atoms with Crippen LogP contribution in [-0.2, 0) is 6.42 Å². The summed E-state index contributed by atoms with van der Waals surface area (Å²) in [7, 11) is 0. The molecule has 4 rings (SSSR count). The second-order valence-corrected chi connectivity index (χ2v) is 18.8. The third-order valence-corrected chi connectivity index (χ3v) is 13.0. The van der Waals surface area contributed by atoms with Gasteiger partial charge in [0.05, 0.1) is 0 Å². The molecule has 1 unspecified atom stereocenters. The molecule has 62 heavy (non-hydrogen) atoms. The largest absolute Gasteiger partial charge is 0.461 e. The van der Waals surface area contributed by atoms with Gasteiger partial charge in [0, 0.05) is 18.7 Å². The number of unbranched alkanes of at least 4 members (excludes halogenated alkanes) is 5. The van der Waals surface area contributed by atoms with E-state index in [9.17, 15) is 0 Å². The Morgan fingerprint density at radius 1 is 0.726 bits per heavy atom. The van der Waals surface area contributed by atoms with Crippen molar-refractivity contribution < 1.29 is 4.42 Å². The highest BCUT2D eigenvalue weighted by atomic mass is 16.3. The maximum absolute atomic E-state index is 6.30. The molecule has 2 nitrogen and oxygen atoms in total. The van der Waals surface area contributed by atoms with Crippen molar-refractivity contribution in [2.75, 3.05) is 13.1 Å². The molecule has 2 aromatic rings. The van der Waals surface area contributed by atoms with E-state index in [1.165, 1.54) is 174 Å². The van der Waals surface area contributed by atoms with Gasteiger partial charge in [-0.05, 0) is 161 Å². The second kappa shape index (κ2) is 36.8. The molecule has 1 aliphatic carbocycles. The molecular weight excluding hydrogens is 751 g/mol.